The van der Waals surface area contributed by atoms with E-state index in [0.717, 1.165) is 17.0 Å². The number of carbonyl (C=O) groups excluding carboxylic acids is 1. The van der Waals surface area contributed by atoms with Crippen molar-refractivity contribution in [1.82, 2.24) is 20.3 Å². The van der Waals surface area contributed by atoms with E-state index in [2.05, 4.69) is 15.6 Å². The molecule has 7 heteroatoms. The maximum absolute atomic E-state index is 12.4. The van der Waals surface area contributed by atoms with E-state index in [-0.39, 0.29) is 5.91 Å². The number of hydrogen-bond donors (Lipinski definition) is 1. The van der Waals surface area contributed by atoms with E-state index in [1.54, 1.807) is 24.9 Å². The maximum Gasteiger partial charge on any atom is 0.269 e. The van der Waals surface area contributed by atoms with Crippen LogP contribution in [-0.4, -0.2) is 34.5 Å². The van der Waals surface area contributed by atoms with E-state index in [1.807, 2.05) is 37.3 Å². The van der Waals surface area contributed by atoms with Gasteiger partial charge in [0.05, 0.1) is 18.5 Å². The summed E-state index contributed by atoms with van der Waals surface area (Å²) in [7, 11) is 3.36. The van der Waals surface area contributed by atoms with E-state index in [0.29, 0.717) is 30.1 Å². The molecule has 0 atom stereocenters. The molecule has 1 amide bonds. The first-order chi connectivity index (χ1) is 12.1. The minimum absolute atomic E-state index is 0.188. The fourth-order valence-electron chi connectivity index (χ4n) is 2.59. The summed E-state index contributed by atoms with van der Waals surface area (Å²) in [4.78, 5) is 12.4. The Labute approximate surface area is 145 Å². The fraction of sp³-hybridized carbons (Fsp3) is 0.278. The summed E-state index contributed by atoms with van der Waals surface area (Å²) in [5.74, 6) is 1.28. The van der Waals surface area contributed by atoms with Crippen LogP contribution in [0.2, 0.25) is 0 Å². The molecule has 2 aromatic heterocycles. The maximum atomic E-state index is 12.4. The number of nitrogens with zero attached hydrogens (tertiary/aromatic N) is 3. The lowest BCUT2D eigenvalue weighted by Gasteiger charge is -2.04. The highest BCUT2D eigenvalue weighted by Gasteiger charge is 2.16. The average Bonchev–Trinajstić information content (AvgIpc) is 3.20. The number of methoxy groups -OCH3 is 1. The predicted octanol–water partition coefficient (Wildman–Crippen LogP) is 2.36. The normalized spacial score (nSPS) is 10.7. The average molecular weight is 340 g/mol. The van der Waals surface area contributed by atoms with Crippen molar-refractivity contribution in [2.24, 2.45) is 7.05 Å². The Morgan fingerprint density at radius 3 is 2.84 bits per heavy atom. The number of hydrogen-bond acceptors (Lipinski definition) is 5. The van der Waals surface area contributed by atoms with Crippen molar-refractivity contribution in [3.63, 3.8) is 0 Å². The molecular weight excluding hydrogens is 320 g/mol. The van der Waals surface area contributed by atoms with Crippen LogP contribution in [-0.2, 0) is 13.5 Å². The van der Waals surface area contributed by atoms with E-state index in [1.165, 1.54) is 0 Å². The summed E-state index contributed by atoms with van der Waals surface area (Å²) in [5.41, 5.74) is 2.84. The van der Waals surface area contributed by atoms with Gasteiger partial charge in [-0.1, -0.05) is 17.3 Å². The Kier molecular flexibility index (Phi) is 4.83. The molecule has 7 nitrogen and oxygen atoms in total. The molecule has 0 aliphatic carbocycles. The number of para-hydroxylation sites is 1. The first-order valence-corrected chi connectivity index (χ1v) is 7.96. The van der Waals surface area contributed by atoms with Crippen LogP contribution >= 0.6 is 0 Å². The lowest BCUT2D eigenvalue weighted by Crippen LogP contribution is -2.27. The zero-order valence-electron chi connectivity index (χ0n) is 14.4. The summed E-state index contributed by atoms with van der Waals surface area (Å²) in [5, 5.41) is 11.1. The molecular formula is C18H20N4O3. The topological polar surface area (TPSA) is 82.2 Å². The van der Waals surface area contributed by atoms with E-state index < -0.39 is 0 Å². The van der Waals surface area contributed by atoms with Crippen molar-refractivity contribution in [1.29, 1.82) is 0 Å². The third-order valence-electron chi connectivity index (χ3n) is 3.83. The second kappa shape index (κ2) is 7.21. The molecule has 1 aromatic carbocycles. The lowest BCUT2D eigenvalue weighted by atomic mass is 10.1. The Bertz CT molecular complexity index is 882. The number of aryl methyl sites for hydroxylation is 2. The fourth-order valence-corrected chi connectivity index (χ4v) is 2.59. The Hall–Kier alpha value is -3.09. The third-order valence-corrected chi connectivity index (χ3v) is 3.83. The Morgan fingerprint density at radius 2 is 2.12 bits per heavy atom. The van der Waals surface area contributed by atoms with Crippen LogP contribution in [0.5, 0.6) is 5.75 Å². The molecule has 0 aliphatic rings. The van der Waals surface area contributed by atoms with E-state index in [9.17, 15) is 4.79 Å². The van der Waals surface area contributed by atoms with Crippen LogP contribution in [0.3, 0.4) is 0 Å². The van der Waals surface area contributed by atoms with Gasteiger partial charge in [0.2, 0.25) is 0 Å². The molecule has 0 unspecified atom stereocenters. The van der Waals surface area contributed by atoms with Crippen molar-refractivity contribution >= 4 is 5.91 Å². The molecule has 0 saturated carbocycles. The SMILES string of the molecule is COc1ccccc1-c1cc(C(=O)NCCc2cc(C)no2)n(C)n1. The summed E-state index contributed by atoms with van der Waals surface area (Å²) in [6.07, 6.45) is 0.587. The number of nitrogens with one attached hydrogen (secondary N) is 1. The third kappa shape index (κ3) is 3.71. The molecule has 2 heterocycles. The second-order valence-electron chi connectivity index (χ2n) is 5.68. The molecule has 0 spiro atoms. The van der Waals surface area contributed by atoms with E-state index >= 15 is 0 Å². The molecule has 0 saturated heterocycles. The van der Waals surface area contributed by atoms with Crippen molar-refractivity contribution in [2.45, 2.75) is 13.3 Å². The lowest BCUT2D eigenvalue weighted by molar-refractivity contribution is 0.0944. The predicted molar refractivity (Wildman–Crippen MR) is 92.5 cm³/mol. The summed E-state index contributed by atoms with van der Waals surface area (Å²) in [6, 6.07) is 11.2. The molecule has 0 bridgehead atoms. The van der Waals surface area contributed by atoms with Crippen LogP contribution in [0.15, 0.2) is 40.9 Å². The van der Waals surface area contributed by atoms with Gasteiger partial charge in [-0.15, -0.1) is 0 Å². The van der Waals surface area contributed by atoms with Gasteiger partial charge in [-0.25, -0.2) is 0 Å². The summed E-state index contributed by atoms with van der Waals surface area (Å²) < 4.78 is 12.1. The molecule has 130 valence electrons. The van der Waals surface area contributed by atoms with Gasteiger partial charge in [-0.3, -0.25) is 9.48 Å². The summed E-state index contributed by atoms with van der Waals surface area (Å²) in [6.45, 7) is 2.32. The zero-order chi connectivity index (χ0) is 17.8. The van der Waals surface area contributed by atoms with E-state index in [4.69, 9.17) is 9.26 Å². The van der Waals surface area contributed by atoms with Gasteiger partial charge in [0.25, 0.3) is 5.91 Å². The molecule has 3 rings (SSSR count). The van der Waals surface area contributed by atoms with Gasteiger partial charge < -0.3 is 14.6 Å². The zero-order valence-corrected chi connectivity index (χ0v) is 14.4. The first-order valence-electron chi connectivity index (χ1n) is 7.96. The minimum atomic E-state index is -0.188. The number of rotatable bonds is 6. The van der Waals surface area contributed by atoms with Crippen molar-refractivity contribution in [3.05, 3.63) is 53.5 Å². The largest absolute Gasteiger partial charge is 0.496 e. The van der Waals surface area contributed by atoms with Crippen LogP contribution < -0.4 is 10.1 Å². The van der Waals surface area contributed by atoms with Gasteiger partial charge >= 0.3 is 0 Å². The van der Waals surface area contributed by atoms with Gasteiger partial charge in [-0.05, 0) is 25.1 Å². The number of aromatic nitrogens is 3. The number of carbonyl (C=O) groups is 1. The highest BCUT2D eigenvalue weighted by Crippen LogP contribution is 2.28. The number of benzene rings is 1. The quantitative estimate of drug-likeness (QED) is 0.745. The minimum Gasteiger partial charge on any atom is -0.496 e. The highest BCUT2D eigenvalue weighted by molar-refractivity contribution is 5.93. The molecule has 3 aromatic rings. The first kappa shape index (κ1) is 16.8. The van der Waals surface area contributed by atoms with Gasteiger partial charge in [-0.2, -0.15) is 5.10 Å². The molecule has 25 heavy (non-hydrogen) atoms. The Balaban J connectivity index is 1.70. The van der Waals surface area contributed by atoms with Crippen LogP contribution in [0, 0.1) is 6.92 Å². The molecule has 0 aliphatic heterocycles. The molecule has 1 N–H and O–H groups in total. The van der Waals surface area contributed by atoms with Crippen molar-refractivity contribution in [2.75, 3.05) is 13.7 Å². The smallest absolute Gasteiger partial charge is 0.269 e. The van der Waals surface area contributed by atoms with Crippen LogP contribution in [0.25, 0.3) is 11.3 Å². The van der Waals surface area contributed by atoms with Gasteiger partial charge in [0.15, 0.2) is 0 Å². The van der Waals surface area contributed by atoms with Crippen LogP contribution in [0.1, 0.15) is 21.9 Å². The Morgan fingerprint density at radius 1 is 1.32 bits per heavy atom. The van der Waals surface area contributed by atoms with Crippen molar-refractivity contribution in [3.8, 4) is 17.0 Å². The van der Waals surface area contributed by atoms with Crippen molar-refractivity contribution < 1.29 is 14.1 Å². The number of amides is 1. The second-order valence-corrected chi connectivity index (χ2v) is 5.68. The van der Waals surface area contributed by atoms with Gasteiger partial charge in [0, 0.05) is 31.6 Å². The monoisotopic (exact) mass is 340 g/mol. The molecule has 0 radical (unpaired) electrons. The van der Waals surface area contributed by atoms with Gasteiger partial charge in [0.1, 0.15) is 17.2 Å². The number of ether oxygens (including phenoxy) is 1. The van der Waals surface area contributed by atoms with Crippen LogP contribution in [0.4, 0.5) is 0 Å². The summed E-state index contributed by atoms with van der Waals surface area (Å²) >= 11 is 0. The standard InChI is InChI=1S/C18H20N4O3/c1-12-10-13(25-21-12)8-9-19-18(23)16-11-15(20-22(16)2)14-6-4-5-7-17(14)24-3/h4-7,10-11H,8-9H2,1-3H3,(H,19,23). The molecule has 0 fully saturated rings. The highest BCUT2D eigenvalue weighted by atomic mass is 16.5.